The van der Waals surface area contributed by atoms with Gasteiger partial charge < -0.3 is 4.42 Å². The van der Waals surface area contributed by atoms with Gasteiger partial charge in [0.2, 0.25) is 5.89 Å². The summed E-state index contributed by atoms with van der Waals surface area (Å²) in [6, 6.07) is 3.67. The average molecular weight is 372 g/mol. The SMILES string of the molecule is Cc1cc(-c2nnc(-c3sc(C)c4c3C[C@@H]3[C@H]4C3(C)C)o2)cc(Cl)n1. The molecule has 25 heavy (non-hydrogen) atoms. The minimum absolute atomic E-state index is 0.435. The number of nitrogens with zero attached hydrogens (tertiary/aromatic N) is 3. The number of thiophene rings is 1. The van der Waals surface area contributed by atoms with Crippen LogP contribution in [0.1, 0.15) is 41.5 Å². The molecule has 0 spiro atoms. The molecule has 3 aromatic heterocycles. The summed E-state index contributed by atoms with van der Waals surface area (Å²) in [5.74, 6) is 2.59. The van der Waals surface area contributed by atoms with Crippen LogP contribution in [-0.2, 0) is 6.42 Å². The molecule has 6 heteroatoms. The Hall–Kier alpha value is -1.72. The summed E-state index contributed by atoms with van der Waals surface area (Å²) in [4.78, 5) is 6.72. The Balaban J connectivity index is 1.56. The molecule has 2 atom stereocenters. The Morgan fingerprint density at radius 2 is 1.96 bits per heavy atom. The van der Waals surface area contributed by atoms with Crippen molar-refractivity contribution < 1.29 is 4.42 Å². The van der Waals surface area contributed by atoms with Gasteiger partial charge in [0.1, 0.15) is 5.15 Å². The summed E-state index contributed by atoms with van der Waals surface area (Å²) in [6.45, 7) is 8.87. The van der Waals surface area contributed by atoms with E-state index < -0.39 is 0 Å². The van der Waals surface area contributed by atoms with Crippen LogP contribution in [0.15, 0.2) is 16.5 Å². The van der Waals surface area contributed by atoms with E-state index in [0.29, 0.717) is 28.3 Å². The van der Waals surface area contributed by atoms with Gasteiger partial charge in [-0.3, -0.25) is 0 Å². The Morgan fingerprint density at radius 1 is 1.20 bits per heavy atom. The van der Waals surface area contributed by atoms with Crippen molar-refractivity contribution in [1.82, 2.24) is 15.2 Å². The highest BCUT2D eigenvalue weighted by atomic mass is 35.5. The van der Waals surface area contributed by atoms with Crippen LogP contribution in [0.3, 0.4) is 0 Å². The van der Waals surface area contributed by atoms with Crippen molar-refractivity contribution in [2.45, 2.75) is 40.0 Å². The monoisotopic (exact) mass is 371 g/mol. The van der Waals surface area contributed by atoms with Gasteiger partial charge in [-0.2, -0.15) is 0 Å². The molecule has 0 aliphatic heterocycles. The zero-order valence-electron chi connectivity index (χ0n) is 14.6. The van der Waals surface area contributed by atoms with Crippen LogP contribution in [-0.4, -0.2) is 15.2 Å². The van der Waals surface area contributed by atoms with Gasteiger partial charge in [-0.15, -0.1) is 21.5 Å². The van der Waals surface area contributed by atoms with E-state index >= 15 is 0 Å². The van der Waals surface area contributed by atoms with Gasteiger partial charge in [0.25, 0.3) is 5.89 Å². The maximum atomic E-state index is 6.05. The molecule has 2 aliphatic rings. The lowest BCUT2D eigenvalue weighted by atomic mass is 9.95. The van der Waals surface area contributed by atoms with E-state index in [1.165, 1.54) is 16.0 Å². The zero-order valence-corrected chi connectivity index (χ0v) is 16.1. The van der Waals surface area contributed by atoms with Gasteiger partial charge in [-0.25, -0.2) is 4.98 Å². The molecule has 0 amide bonds. The van der Waals surface area contributed by atoms with E-state index in [1.54, 1.807) is 17.4 Å². The summed E-state index contributed by atoms with van der Waals surface area (Å²) < 4.78 is 6.01. The number of aromatic nitrogens is 3. The lowest BCUT2D eigenvalue weighted by Crippen LogP contribution is -1.99. The molecule has 2 aliphatic carbocycles. The lowest BCUT2D eigenvalue weighted by molar-refractivity contribution is 0.540. The van der Waals surface area contributed by atoms with Crippen LogP contribution in [0.5, 0.6) is 0 Å². The van der Waals surface area contributed by atoms with Gasteiger partial charge >= 0.3 is 0 Å². The molecule has 0 aromatic carbocycles. The quantitative estimate of drug-likeness (QED) is 0.564. The summed E-state index contributed by atoms with van der Waals surface area (Å²) in [5, 5.41) is 9.00. The van der Waals surface area contributed by atoms with Crippen molar-refractivity contribution in [3.8, 4) is 22.2 Å². The molecular formula is C19H18ClN3OS. The molecule has 1 saturated carbocycles. The van der Waals surface area contributed by atoms with E-state index in [2.05, 4.69) is 36.0 Å². The highest BCUT2D eigenvalue weighted by Gasteiger charge is 2.63. The number of hydrogen-bond donors (Lipinski definition) is 0. The molecule has 0 radical (unpaired) electrons. The second kappa shape index (κ2) is 4.92. The third kappa shape index (κ3) is 2.15. The molecule has 1 fully saturated rings. The van der Waals surface area contributed by atoms with Gasteiger partial charge in [0, 0.05) is 16.1 Å². The molecular weight excluding hydrogens is 354 g/mol. The van der Waals surface area contributed by atoms with Crippen molar-refractivity contribution in [2.24, 2.45) is 11.3 Å². The number of halogens is 1. The third-order valence-electron chi connectivity index (χ3n) is 5.81. The molecule has 0 N–H and O–H groups in total. The van der Waals surface area contributed by atoms with Crippen LogP contribution in [0.2, 0.25) is 5.15 Å². The van der Waals surface area contributed by atoms with Crippen molar-refractivity contribution in [3.63, 3.8) is 0 Å². The first-order chi connectivity index (χ1) is 11.9. The number of pyridine rings is 1. The summed E-state index contributed by atoms with van der Waals surface area (Å²) in [6.07, 6.45) is 1.13. The fraction of sp³-hybridized carbons (Fsp3) is 0.421. The molecule has 5 rings (SSSR count). The molecule has 0 saturated heterocycles. The molecule has 128 valence electrons. The Morgan fingerprint density at radius 3 is 2.72 bits per heavy atom. The van der Waals surface area contributed by atoms with E-state index in [4.69, 9.17) is 16.0 Å². The standard InChI is InChI=1S/C19H18ClN3OS/c1-8-5-10(6-13(20)21-8)17-22-23-18(24-17)16-11-7-12-15(19(12,3)4)14(11)9(2)25-16/h5-6,12,15H,7H2,1-4H3/t12-,15-/m1/s1. The largest absolute Gasteiger partial charge is 0.415 e. The van der Waals surface area contributed by atoms with Crippen molar-refractivity contribution in [3.05, 3.63) is 39.0 Å². The van der Waals surface area contributed by atoms with Crippen molar-refractivity contribution in [1.29, 1.82) is 0 Å². The number of rotatable bonds is 2. The van der Waals surface area contributed by atoms with Gasteiger partial charge in [-0.05, 0) is 60.8 Å². The van der Waals surface area contributed by atoms with Crippen LogP contribution in [0.25, 0.3) is 22.2 Å². The summed E-state index contributed by atoms with van der Waals surface area (Å²) in [5.41, 5.74) is 5.05. The van der Waals surface area contributed by atoms with Gasteiger partial charge in [-0.1, -0.05) is 25.4 Å². The minimum atomic E-state index is 0.435. The lowest BCUT2D eigenvalue weighted by Gasteiger charge is -2.09. The number of fused-ring (bicyclic) bond motifs is 3. The molecule has 0 bridgehead atoms. The Labute approximate surface area is 155 Å². The predicted octanol–water partition coefficient (Wildman–Crippen LogP) is 5.43. The smallest absolute Gasteiger partial charge is 0.258 e. The fourth-order valence-corrected chi connectivity index (χ4v) is 5.89. The van der Waals surface area contributed by atoms with E-state index in [-0.39, 0.29) is 0 Å². The van der Waals surface area contributed by atoms with Crippen LogP contribution in [0.4, 0.5) is 0 Å². The Bertz CT molecular complexity index is 1000. The number of hydrogen-bond acceptors (Lipinski definition) is 5. The second-order valence-corrected chi connectivity index (χ2v) is 9.33. The highest BCUT2D eigenvalue weighted by molar-refractivity contribution is 7.15. The number of aryl methyl sites for hydroxylation is 2. The Kier molecular flexibility index (Phi) is 3.06. The predicted molar refractivity (Wildman–Crippen MR) is 99.0 cm³/mol. The topological polar surface area (TPSA) is 51.8 Å². The normalized spacial score (nSPS) is 22.8. The molecule has 4 nitrogen and oxygen atoms in total. The van der Waals surface area contributed by atoms with Crippen molar-refractivity contribution in [2.75, 3.05) is 0 Å². The van der Waals surface area contributed by atoms with E-state index in [1.807, 2.05) is 13.0 Å². The zero-order chi connectivity index (χ0) is 17.5. The molecule has 3 heterocycles. The van der Waals surface area contributed by atoms with Gasteiger partial charge in [0.05, 0.1) is 4.88 Å². The highest BCUT2D eigenvalue weighted by Crippen LogP contribution is 2.72. The average Bonchev–Trinajstić information content (AvgIpc) is 3.03. The first-order valence-corrected chi connectivity index (χ1v) is 9.66. The maximum Gasteiger partial charge on any atom is 0.258 e. The van der Waals surface area contributed by atoms with E-state index in [9.17, 15) is 0 Å². The molecule has 3 aromatic rings. The first kappa shape index (κ1) is 15.5. The van der Waals surface area contributed by atoms with Gasteiger partial charge in [0.15, 0.2) is 0 Å². The van der Waals surface area contributed by atoms with Crippen LogP contribution in [0, 0.1) is 25.2 Å². The second-order valence-electron chi connectivity index (χ2n) is 7.72. The summed E-state index contributed by atoms with van der Waals surface area (Å²) >= 11 is 7.83. The van der Waals surface area contributed by atoms with Crippen LogP contribution < -0.4 is 0 Å². The molecule has 0 unspecified atom stereocenters. The third-order valence-corrected chi connectivity index (χ3v) is 7.15. The van der Waals surface area contributed by atoms with Crippen molar-refractivity contribution >= 4 is 22.9 Å². The summed E-state index contributed by atoms with van der Waals surface area (Å²) in [7, 11) is 0. The first-order valence-electron chi connectivity index (χ1n) is 8.47. The minimum Gasteiger partial charge on any atom is -0.415 e. The van der Waals surface area contributed by atoms with E-state index in [0.717, 1.165) is 28.5 Å². The van der Waals surface area contributed by atoms with Crippen LogP contribution >= 0.6 is 22.9 Å². The fourth-order valence-electron chi connectivity index (χ4n) is 4.49. The maximum absolute atomic E-state index is 6.05.